The number of aromatic nitrogens is 2. The minimum absolute atomic E-state index is 0.412. The van der Waals surface area contributed by atoms with Crippen LogP contribution in [0.1, 0.15) is 12.7 Å². The van der Waals surface area contributed by atoms with E-state index in [2.05, 4.69) is 20.6 Å². The van der Waals surface area contributed by atoms with E-state index in [0.29, 0.717) is 26.6 Å². The molecule has 106 valence electrons. The quantitative estimate of drug-likeness (QED) is 0.791. The van der Waals surface area contributed by atoms with Gasteiger partial charge in [-0.1, -0.05) is 41.7 Å². The van der Waals surface area contributed by atoms with E-state index in [1.807, 2.05) is 6.92 Å². The molecule has 2 rings (SSSR count). The summed E-state index contributed by atoms with van der Waals surface area (Å²) < 4.78 is 0. The number of anilines is 3. The summed E-state index contributed by atoms with van der Waals surface area (Å²) in [6.45, 7) is 1.99. The van der Waals surface area contributed by atoms with Crippen LogP contribution in [0.5, 0.6) is 0 Å². The highest BCUT2D eigenvalue weighted by molar-refractivity contribution is 6.44. The summed E-state index contributed by atoms with van der Waals surface area (Å²) in [4.78, 5) is 8.72. The highest BCUT2D eigenvalue weighted by atomic mass is 35.5. The van der Waals surface area contributed by atoms with Crippen molar-refractivity contribution in [1.29, 1.82) is 0 Å². The first-order valence-corrected chi connectivity index (χ1v) is 7.14. The summed E-state index contributed by atoms with van der Waals surface area (Å²) in [6.07, 6.45) is 0.735. The van der Waals surface area contributed by atoms with Crippen LogP contribution in [0.15, 0.2) is 18.2 Å². The first kappa shape index (κ1) is 15.2. The molecule has 4 nitrogen and oxygen atoms in total. The van der Waals surface area contributed by atoms with Gasteiger partial charge in [-0.15, -0.1) is 0 Å². The molecule has 0 radical (unpaired) electrons. The van der Waals surface area contributed by atoms with E-state index in [1.165, 1.54) is 0 Å². The summed E-state index contributed by atoms with van der Waals surface area (Å²) in [7, 11) is 1.80. The number of rotatable bonds is 4. The van der Waals surface area contributed by atoms with Gasteiger partial charge in [-0.3, -0.25) is 0 Å². The van der Waals surface area contributed by atoms with Crippen molar-refractivity contribution >= 4 is 52.1 Å². The number of nitrogens with zero attached hydrogens (tertiary/aromatic N) is 2. The highest BCUT2D eigenvalue weighted by Crippen LogP contribution is 2.33. The number of nitrogens with one attached hydrogen (secondary N) is 2. The van der Waals surface area contributed by atoms with Gasteiger partial charge in [0, 0.05) is 19.5 Å². The average molecular weight is 332 g/mol. The van der Waals surface area contributed by atoms with Crippen LogP contribution in [0.2, 0.25) is 15.1 Å². The summed E-state index contributed by atoms with van der Waals surface area (Å²) >= 11 is 18.0. The molecule has 0 bridgehead atoms. The van der Waals surface area contributed by atoms with E-state index in [4.69, 9.17) is 34.8 Å². The molecule has 0 atom stereocenters. The van der Waals surface area contributed by atoms with E-state index >= 15 is 0 Å². The molecule has 2 aromatic rings. The number of hydrogen-bond acceptors (Lipinski definition) is 4. The fourth-order valence-electron chi connectivity index (χ4n) is 1.60. The predicted molar refractivity (Wildman–Crippen MR) is 85.7 cm³/mol. The van der Waals surface area contributed by atoms with Gasteiger partial charge in [0.05, 0.1) is 20.8 Å². The largest absolute Gasteiger partial charge is 0.373 e. The van der Waals surface area contributed by atoms with Crippen molar-refractivity contribution in [2.24, 2.45) is 0 Å². The van der Waals surface area contributed by atoms with Crippen LogP contribution < -0.4 is 10.6 Å². The van der Waals surface area contributed by atoms with Crippen molar-refractivity contribution in [3.8, 4) is 0 Å². The fourth-order valence-corrected chi connectivity index (χ4v) is 2.20. The molecule has 1 aromatic heterocycles. The van der Waals surface area contributed by atoms with Gasteiger partial charge in [-0.05, 0) is 12.1 Å². The molecular formula is C13H13Cl3N4. The van der Waals surface area contributed by atoms with Crippen LogP contribution in [0.25, 0.3) is 0 Å². The normalized spacial score (nSPS) is 10.4. The Labute approximate surface area is 132 Å². The van der Waals surface area contributed by atoms with Gasteiger partial charge in [-0.25, -0.2) is 9.97 Å². The Morgan fingerprint density at radius 3 is 2.25 bits per heavy atom. The monoisotopic (exact) mass is 330 g/mol. The van der Waals surface area contributed by atoms with Crippen molar-refractivity contribution in [1.82, 2.24) is 9.97 Å². The van der Waals surface area contributed by atoms with Crippen molar-refractivity contribution in [2.45, 2.75) is 13.3 Å². The van der Waals surface area contributed by atoms with Crippen molar-refractivity contribution in [2.75, 3.05) is 17.7 Å². The average Bonchev–Trinajstić information content (AvgIpc) is 2.44. The van der Waals surface area contributed by atoms with Crippen molar-refractivity contribution in [3.05, 3.63) is 39.1 Å². The maximum atomic E-state index is 6.13. The molecule has 0 aliphatic carbocycles. The predicted octanol–water partition coefficient (Wildman–Crippen LogP) is 4.78. The molecule has 0 aliphatic heterocycles. The van der Waals surface area contributed by atoms with Gasteiger partial charge in [0.15, 0.2) is 0 Å². The molecule has 0 saturated heterocycles. The molecule has 0 saturated carbocycles. The van der Waals surface area contributed by atoms with E-state index in [9.17, 15) is 0 Å². The highest BCUT2D eigenvalue weighted by Gasteiger charge is 2.08. The lowest BCUT2D eigenvalue weighted by atomic mass is 10.3. The molecule has 0 spiro atoms. The Morgan fingerprint density at radius 1 is 0.950 bits per heavy atom. The maximum absolute atomic E-state index is 6.13. The van der Waals surface area contributed by atoms with Crippen LogP contribution in [0.4, 0.5) is 17.3 Å². The van der Waals surface area contributed by atoms with Crippen LogP contribution in [-0.4, -0.2) is 17.0 Å². The molecule has 0 fully saturated rings. The van der Waals surface area contributed by atoms with Gasteiger partial charge in [0.25, 0.3) is 0 Å². The lowest BCUT2D eigenvalue weighted by molar-refractivity contribution is 0.945. The van der Waals surface area contributed by atoms with Gasteiger partial charge in [-0.2, -0.15) is 0 Å². The molecule has 0 amide bonds. The Hall–Kier alpha value is -1.23. The molecular weight excluding hydrogens is 319 g/mol. The number of hydrogen-bond donors (Lipinski definition) is 2. The third kappa shape index (κ3) is 3.45. The first-order valence-electron chi connectivity index (χ1n) is 6.00. The third-order valence-electron chi connectivity index (χ3n) is 2.62. The van der Waals surface area contributed by atoms with E-state index in [0.717, 1.165) is 18.1 Å². The summed E-state index contributed by atoms with van der Waals surface area (Å²) in [5, 5.41) is 7.43. The SMILES string of the molecule is CCc1nc(NC)cc(Nc2cc(Cl)c(Cl)cc2Cl)n1. The third-order valence-corrected chi connectivity index (χ3v) is 3.65. The Morgan fingerprint density at radius 2 is 1.60 bits per heavy atom. The molecule has 20 heavy (non-hydrogen) atoms. The Bertz CT molecular complexity index is 609. The molecule has 1 aromatic carbocycles. The Kier molecular flexibility index (Phi) is 4.91. The van der Waals surface area contributed by atoms with Gasteiger partial charge in [0.1, 0.15) is 17.5 Å². The number of benzene rings is 1. The molecule has 7 heteroatoms. The van der Waals surface area contributed by atoms with Crippen LogP contribution >= 0.6 is 34.8 Å². The summed E-state index contributed by atoms with van der Waals surface area (Å²) in [5.74, 6) is 2.10. The van der Waals surface area contributed by atoms with E-state index in [1.54, 1.807) is 25.2 Å². The van der Waals surface area contributed by atoms with Crippen LogP contribution in [-0.2, 0) is 6.42 Å². The van der Waals surface area contributed by atoms with E-state index in [-0.39, 0.29) is 0 Å². The maximum Gasteiger partial charge on any atom is 0.136 e. The van der Waals surface area contributed by atoms with Gasteiger partial charge in [0.2, 0.25) is 0 Å². The topological polar surface area (TPSA) is 49.8 Å². The summed E-state index contributed by atoms with van der Waals surface area (Å²) in [5.41, 5.74) is 0.642. The fraction of sp³-hybridized carbons (Fsp3) is 0.231. The zero-order valence-corrected chi connectivity index (χ0v) is 13.2. The molecule has 1 heterocycles. The minimum atomic E-state index is 0.412. The van der Waals surface area contributed by atoms with Gasteiger partial charge >= 0.3 is 0 Å². The summed E-state index contributed by atoms with van der Waals surface area (Å²) in [6, 6.07) is 5.05. The van der Waals surface area contributed by atoms with Gasteiger partial charge < -0.3 is 10.6 Å². The smallest absolute Gasteiger partial charge is 0.136 e. The van der Waals surface area contributed by atoms with Crippen LogP contribution in [0.3, 0.4) is 0 Å². The second-order valence-corrected chi connectivity index (χ2v) is 5.25. The Balaban J connectivity index is 2.36. The lowest BCUT2D eigenvalue weighted by Gasteiger charge is -2.11. The van der Waals surface area contributed by atoms with E-state index < -0.39 is 0 Å². The second-order valence-electron chi connectivity index (χ2n) is 4.03. The zero-order valence-electron chi connectivity index (χ0n) is 11.0. The number of halogens is 3. The lowest BCUT2D eigenvalue weighted by Crippen LogP contribution is -2.03. The minimum Gasteiger partial charge on any atom is -0.373 e. The molecule has 0 aliphatic rings. The standard InChI is InChI=1S/C13H13Cl3N4/c1-3-11-19-12(17-2)6-13(20-11)18-10-5-8(15)7(14)4-9(10)16/h4-6H,3H2,1-2H3,(H2,17,18,19,20). The van der Waals surface area contributed by atoms with Crippen molar-refractivity contribution < 1.29 is 0 Å². The second kappa shape index (κ2) is 6.48. The zero-order chi connectivity index (χ0) is 14.7. The number of aryl methyl sites for hydroxylation is 1. The molecule has 2 N–H and O–H groups in total. The van der Waals surface area contributed by atoms with Crippen molar-refractivity contribution in [3.63, 3.8) is 0 Å². The van der Waals surface area contributed by atoms with Crippen LogP contribution in [0, 0.1) is 0 Å². The molecule has 0 unspecified atom stereocenters. The first-order chi connectivity index (χ1) is 9.53.